The summed E-state index contributed by atoms with van der Waals surface area (Å²) in [5.74, 6) is -3.58. The Morgan fingerprint density at radius 1 is 1.08 bits per heavy atom. The summed E-state index contributed by atoms with van der Waals surface area (Å²) >= 11 is 0. The van der Waals surface area contributed by atoms with Crippen LogP contribution in [0.3, 0.4) is 0 Å². The van der Waals surface area contributed by atoms with Gasteiger partial charge in [-0.25, -0.2) is 30.5 Å². The molecule has 1 aromatic rings. The number of sulfonamides is 1. The Morgan fingerprint density at radius 3 is 2.19 bits per heavy atom. The topological polar surface area (TPSA) is 86.8 Å². The number of amides is 1. The minimum absolute atomic E-state index is 0.0000643. The van der Waals surface area contributed by atoms with Gasteiger partial charge in [-0.3, -0.25) is 4.79 Å². The van der Waals surface area contributed by atoms with E-state index in [0.29, 0.717) is 31.7 Å². The quantitative estimate of drug-likeness (QED) is 0.468. The van der Waals surface area contributed by atoms with E-state index in [0.717, 1.165) is 23.2 Å². The van der Waals surface area contributed by atoms with Crippen LogP contribution in [-0.2, 0) is 32.2 Å². The molecule has 37 heavy (non-hydrogen) atoms. The SMILES string of the molecule is CN(CC(=O)N1[C@@H]2CC[C@H]1CC([C@@H](Cc1cc(F)c(F)cc1F)NS(=O)C(C)(C)C)C2)S(=O)(=O)C1CC1. The Morgan fingerprint density at radius 2 is 1.65 bits per heavy atom. The number of benzene rings is 1. The Balaban J connectivity index is 1.50. The lowest BCUT2D eigenvalue weighted by molar-refractivity contribution is -0.136. The summed E-state index contributed by atoms with van der Waals surface area (Å²) < 4.78 is 83.6. The second-order valence-corrected chi connectivity index (χ2v) is 15.9. The first-order valence-electron chi connectivity index (χ1n) is 12.8. The van der Waals surface area contributed by atoms with Crippen LogP contribution >= 0.6 is 0 Å². The zero-order chi connectivity index (χ0) is 27.3. The number of hydrogen-bond donors (Lipinski definition) is 1. The van der Waals surface area contributed by atoms with Crippen molar-refractivity contribution in [3.05, 3.63) is 35.1 Å². The highest BCUT2D eigenvalue weighted by molar-refractivity contribution is 7.90. The average molecular weight is 564 g/mol. The molecule has 0 radical (unpaired) electrons. The van der Waals surface area contributed by atoms with Crippen LogP contribution in [0.5, 0.6) is 0 Å². The molecule has 1 aliphatic carbocycles. The number of fused-ring (bicyclic) bond motifs is 2. The first-order chi connectivity index (χ1) is 17.2. The molecular weight excluding hydrogens is 527 g/mol. The van der Waals surface area contributed by atoms with Gasteiger partial charge in [0, 0.05) is 31.2 Å². The van der Waals surface area contributed by atoms with Crippen LogP contribution < -0.4 is 4.72 Å². The van der Waals surface area contributed by atoms with Crippen molar-refractivity contribution >= 4 is 26.9 Å². The number of likely N-dealkylation sites (N-methyl/N-ethyl adjacent to an activating group) is 1. The van der Waals surface area contributed by atoms with Crippen LogP contribution in [0.15, 0.2) is 12.1 Å². The fourth-order valence-electron chi connectivity index (χ4n) is 5.51. The fraction of sp³-hybridized carbons (Fsp3) is 0.720. The van der Waals surface area contributed by atoms with Crippen molar-refractivity contribution < 1.29 is 30.6 Å². The van der Waals surface area contributed by atoms with E-state index in [9.17, 15) is 30.6 Å². The van der Waals surface area contributed by atoms with Crippen LogP contribution in [0.2, 0.25) is 0 Å². The molecule has 0 aromatic heterocycles. The maximum atomic E-state index is 14.5. The zero-order valence-electron chi connectivity index (χ0n) is 21.7. The third kappa shape index (κ3) is 6.23. The molecule has 1 N–H and O–H groups in total. The lowest BCUT2D eigenvalue weighted by Crippen LogP contribution is -2.54. The molecule has 2 aliphatic heterocycles. The lowest BCUT2D eigenvalue weighted by Gasteiger charge is -2.42. The van der Waals surface area contributed by atoms with Gasteiger partial charge < -0.3 is 4.90 Å². The monoisotopic (exact) mass is 563 g/mol. The van der Waals surface area contributed by atoms with Crippen molar-refractivity contribution in [3.63, 3.8) is 0 Å². The van der Waals surface area contributed by atoms with E-state index in [1.807, 2.05) is 20.8 Å². The molecule has 0 spiro atoms. The first kappa shape index (κ1) is 28.5. The van der Waals surface area contributed by atoms with Crippen molar-refractivity contribution in [3.8, 4) is 0 Å². The van der Waals surface area contributed by atoms with Gasteiger partial charge in [-0.1, -0.05) is 0 Å². The number of carbonyl (C=O) groups is 1. The Kier molecular flexibility index (Phi) is 8.15. The van der Waals surface area contributed by atoms with Gasteiger partial charge in [0.25, 0.3) is 0 Å². The number of nitrogens with zero attached hydrogens (tertiary/aromatic N) is 2. The molecule has 5 atom stereocenters. The average Bonchev–Trinajstić information content (AvgIpc) is 3.62. The van der Waals surface area contributed by atoms with Crippen molar-refractivity contribution in [2.45, 2.75) is 93.8 Å². The minimum Gasteiger partial charge on any atom is -0.336 e. The van der Waals surface area contributed by atoms with Gasteiger partial charge >= 0.3 is 0 Å². The molecule has 2 saturated heterocycles. The van der Waals surface area contributed by atoms with Gasteiger partial charge in [0.15, 0.2) is 11.6 Å². The standard InChI is InChI=1S/C25H36F3N3O4S2/c1-25(2,3)36(33)29-23(12-15-11-21(27)22(28)13-20(15)26)16-9-17-5-6-18(10-16)31(17)24(32)14-30(4)37(34,35)19-7-8-19/h11,13,16-19,23,29H,5-10,12,14H2,1-4H3/t16?,17-,18+,23-,36?/m1/s1. The van der Waals surface area contributed by atoms with Crippen LogP contribution in [0.4, 0.5) is 13.2 Å². The molecule has 7 nitrogen and oxygen atoms in total. The first-order valence-corrected chi connectivity index (χ1v) is 15.4. The molecule has 208 valence electrons. The van der Waals surface area contributed by atoms with E-state index in [1.165, 1.54) is 7.05 Å². The third-order valence-corrected chi connectivity index (χ3v) is 11.6. The van der Waals surface area contributed by atoms with Crippen molar-refractivity contribution in [1.82, 2.24) is 13.9 Å². The Bertz CT molecular complexity index is 1160. The molecule has 3 aliphatic rings. The fourth-order valence-corrected chi connectivity index (χ4v) is 7.95. The smallest absolute Gasteiger partial charge is 0.238 e. The van der Waals surface area contributed by atoms with E-state index < -0.39 is 49.2 Å². The zero-order valence-corrected chi connectivity index (χ0v) is 23.3. The largest absolute Gasteiger partial charge is 0.336 e. The molecule has 2 bridgehead atoms. The molecule has 12 heteroatoms. The van der Waals surface area contributed by atoms with Gasteiger partial charge in [0.1, 0.15) is 5.82 Å². The van der Waals surface area contributed by atoms with Gasteiger partial charge in [-0.2, -0.15) is 4.31 Å². The second-order valence-electron chi connectivity index (χ2n) is 11.6. The maximum Gasteiger partial charge on any atom is 0.238 e. The Hall–Kier alpha value is -1.50. The maximum absolute atomic E-state index is 14.5. The highest BCUT2D eigenvalue weighted by Crippen LogP contribution is 2.41. The summed E-state index contributed by atoms with van der Waals surface area (Å²) in [6, 6.07) is 0.658. The summed E-state index contributed by atoms with van der Waals surface area (Å²) in [5.41, 5.74) is 0.0000643. The third-order valence-electron chi connectivity index (χ3n) is 7.71. The van der Waals surface area contributed by atoms with E-state index in [4.69, 9.17) is 0 Å². The van der Waals surface area contributed by atoms with Crippen LogP contribution in [-0.4, -0.2) is 69.5 Å². The normalized spacial score (nSPS) is 25.9. The van der Waals surface area contributed by atoms with Crippen molar-refractivity contribution in [2.75, 3.05) is 13.6 Å². The van der Waals surface area contributed by atoms with E-state index >= 15 is 0 Å². The molecule has 4 rings (SSSR count). The highest BCUT2D eigenvalue weighted by atomic mass is 32.2. The number of carbonyl (C=O) groups excluding carboxylic acids is 1. The highest BCUT2D eigenvalue weighted by Gasteiger charge is 2.47. The van der Waals surface area contributed by atoms with Gasteiger partial charge in [0.2, 0.25) is 15.9 Å². The van der Waals surface area contributed by atoms with Gasteiger partial charge in [0.05, 0.1) is 27.5 Å². The van der Waals surface area contributed by atoms with E-state index in [2.05, 4.69) is 4.72 Å². The number of rotatable bonds is 9. The number of hydrogen-bond acceptors (Lipinski definition) is 4. The van der Waals surface area contributed by atoms with Crippen LogP contribution in [0.25, 0.3) is 0 Å². The van der Waals surface area contributed by atoms with E-state index in [-0.39, 0.29) is 47.7 Å². The molecule has 1 aromatic carbocycles. The second kappa shape index (κ2) is 10.6. The lowest BCUT2D eigenvalue weighted by atomic mass is 9.82. The summed E-state index contributed by atoms with van der Waals surface area (Å²) in [6.45, 7) is 5.22. The number of piperidine rings is 1. The molecule has 2 heterocycles. The van der Waals surface area contributed by atoms with Crippen LogP contribution in [0, 0.1) is 23.4 Å². The summed E-state index contributed by atoms with van der Waals surface area (Å²) in [7, 11) is -3.51. The summed E-state index contributed by atoms with van der Waals surface area (Å²) in [6.07, 6.45) is 3.92. The summed E-state index contributed by atoms with van der Waals surface area (Å²) in [4.78, 5) is 15.0. The number of nitrogens with one attached hydrogen (secondary N) is 1. The van der Waals surface area contributed by atoms with E-state index in [1.54, 1.807) is 4.90 Å². The van der Waals surface area contributed by atoms with Crippen LogP contribution in [0.1, 0.15) is 64.9 Å². The Labute approximate surface area is 219 Å². The number of halogens is 3. The summed E-state index contributed by atoms with van der Waals surface area (Å²) in [5, 5.41) is -0.389. The van der Waals surface area contributed by atoms with Gasteiger partial charge in [-0.05, 0) is 83.3 Å². The molecule has 2 unspecified atom stereocenters. The molecular formula is C25H36F3N3O4S2. The van der Waals surface area contributed by atoms with Crippen molar-refractivity contribution in [1.29, 1.82) is 0 Å². The molecule has 3 fully saturated rings. The predicted molar refractivity (Wildman–Crippen MR) is 136 cm³/mol. The van der Waals surface area contributed by atoms with Gasteiger partial charge in [-0.15, -0.1) is 0 Å². The predicted octanol–water partition coefficient (Wildman–Crippen LogP) is 3.26. The minimum atomic E-state index is -3.46. The van der Waals surface area contributed by atoms with Crippen molar-refractivity contribution in [2.24, 2.45) is 5.92 Å². The molecule has 1 saturated carbocycles. The molecule has 1 amide bonds.